The van der Waals surface area contributed by atoms with Crippen molar-refractivity contribution >= 4 is 16.9 Å². The van der Waals surface area contributed by atoms with E-state index in [1.165, 1.54) is 13.3 Å². The number of aromatic nitrogens is 1. The van der Waals surface area contributed by atoms with Gasteiger partial charge >= 0.3 is 5.97 Å². The molecule has 1 heterocycles. The molecule has 0 unspecified atom stereocenters. The lowest BCUT2D eigenvalue weighted by Crippen LogP contribution is -2.02. The fraction of sp³-hybridized carbons (Fsp3) is 0.167. The molecule has 0 N–H and O–H groups in total. The Hall–Kier alpha value is -1.97. The third-order valence-electron chi connectivity index (χ3n) is 2.37. The SMILES string of the molecule is COC(=O)c1ccnc2ccc(CF)cc12. The first-order valence-corrected chi connectivity index (χ1v) is 4.78. The maximum Gasteiger partial charge on any atom is 0.338 e. The van der Waals surface area contributed by atoms with Gasteiger partial charge in [0.25, 0.3) is 0 Å². The summed E-state index contributed by atoms with van der Waals surface area (Å²) in [4.78, 5) is 15.6. The lowest BCUT2D eigenvalue weighted by Gasteiger charge is -2.04. The number of nitrogens with zero attached hydrogens (tertiary/aromatic N) is 1. The minimum absolute atomic E-state index is 0.405. The predicted molar refractivity (Wildman–Crippen MR) is 57.9 cm³/mol. The van der Waals surface area contributed by atoms with E-state index < -0.39 is 12.6 Å². The number of benzene rings is 1. The van der Waals surface area contributed by atoms with Crippen LogP contribution in [0, 0.1) is 0 Å². The van der Waals surface area contributed by atoms with Gasteiger partial charge in [-0.1, -0.05) is 6.07 Å². The van der Waals surface area contributed by atoms with Gasteiger partial charge in [0.1, 0.15) is 6.67 Å². The lowest BCUT2D eigenvalue weighted by atomic mass is 10.1. The highest BCUT2D eigenvalue weighted by molar-refractivity contribution is 6.03. The first-order valence-electron chi connectivity index (χ1n) is 4.78. The number of carbonyl (C=O) groups excluding carboxylic acids is 1. The quantitative estimate of drug-likeness (QED) is 0.728. The summed E-state index contributed by atoms with van der Waals surface area (Å²) in [6, 6.07) is 6.53. The zero-order valence-electron chi connectivity index (χ0n) is 8.74. The highest BCUT2D eigenvalue weighted by Crippen LogP contribution is 2.19. The molecular weight excluding hydrogens is 209 g/mol. The van der Waals surface area contributed by atoms with Crippen molar-refractivity contribution in [1.82, 2.24) is 4.98 Å². The number of methoxy groups -OCH3 is 1. The van der Waals surface area contributed by atoms with E-state index in [1.54, 1.807) is 24.3 Å². The van der Waals surface area contributed by atoms with E-state index in [1.807, 2.05) is 0 Å². The number of hydrogen-bond acceptors (Lipinski definition) is 3. The number of rotatable bonds is 2. The van der Waals surface area contributed by atoms with Crippen LogP contribution in [0.3, 0.4) is 0 Å². The molecule has 0 spiro atoms. The Morgan fingerprint density at radius 3 is 2.94 bits per heavy atom. The summed E-state index contributed by atoms with van der Waals surface area (Å²) in [7, 11) is 1.31. The third kappa shape index (κ3) is 1.74. The van der Waals surface area contributed by atoms with Crippen molar-refractivity contribution in [2.75, 3.05) is 7.11 Å². The second-order valence-electron chi connectivity index (χ2n) is 3.34. The Balaban J connectivity index is 2.68. The van der Waals surface area contributed by atoms with E-state index in [2.05, 4.69) is 9.72 Å². The number of pyridine rings is 1. The van der Waals surface area contributed by atoms with Crippen molar-refractivity contribution in [2.45, 2.75) is 6.67 Å². The molecule has 1 aromatic carbocycles. The monoisotopic (exact) mass is 219 g/mol. The Bertz CT molecular complexity index is 540. The fourth-order valence-corrected chi connectivity index (χ4v) is 1.56. The highest BCUT2D eigenvalue weighted by atomic mass is 19.1. The number of carbonyl (C=O) groups is 1. The maximum absolute atomic E-state index is 12.5. The summed E-state index contributed by atoms with van der Waals surface area (Å²) in [5.74, 6) is -0.441. The minimum atomic E-state index is -0.564. The number of hydrogen-bond donors (Lipinski definition) is 0. The first kappa shape index (κ1) is 10.5. The Labute approximate surface area is 91.9 Å². The van der Waals surface area contributed by atoms with Crippen LogP contribution in [-0.4, -0.2) is 18.1 Å². The molecule has 0 amide bonds. The van der Waals surface area contributed by atoms with Gasteiger partial charge in [-0.25, -0.2) is 9.18 Å². The number of alkyl halides is 1. The number of esters is 1. The van der Waals surface area contributed by atoms with Crippen LogP contribution in [0.4, 0.5) is 4.39 Å². The highest BCUT2D eigenvalue weighted by Gasteiger charge is 2.10. The molecule has 0 atom stereocenters. The van der Waals surface area contributed by atoms with Gasteiger partial charge in [-0.3, -0.25) is 4.98 Å². The van der Waals surface area contributed by atoms with Gasteiger partial charge < -0.3 is 4.74 Å². The van der Waals surface area contributed by atoms with Crippen molar-refractivity contribution in [3.63, 3.8) is 0 Å². The van der Waals surface area contributed by atoms with Crippen molar-refractivity contribution in [2.24, 2.45) is 0 Å². The molecule has 0 saturated carbocycles. The predicted octanol–water partition coefficient (Wildman–Crippen LogP) is 2.49. The molecule has 0 saturated heterocycles. The van der Waals surface area contributed by atoms with Gasteiger partial charge in [-0.05, 0) is 23.8 Å². The molecule has 0 aliphatic heterocycles. The van der Waals surface area contributed by atoms with Crippen LogP contribution in [0.25, 0.3) is 10.9 Å². The Morgan fingerprint density at radius 1 is 1.44 bits per heavy atom. The van der Waals surface area contributed by atoms with Crippen LogP contribution in [-0.2, 0) is 11.4 Å². The first-order chi connectivity index (χ1) is 7.76. The number of ether oxygens (including phenoxy) is 1. The topological polar surface area (TPSA) is 39.2 Å². The van der Waals surface area contributed by atoms with Crippen molar-refractivity contribution in [3.8, 4) is 0 Å². The van der Waals surface area contributed by atoms with Crippen LogP contribution in [0.1, 0.15) is 15.9 Å². The van der Waals surface area contributed by atoms with E-state index in [0.29, 0.717) is 22.0 Å². The van der Waals surface area contributed by atoms with Crippen molar-refractivity contribution in [3.05, 3.63) is 41.6 Å². The molecule has 1 aromatic heterocycles. The van der Waals surface area contributed by atoms with Crippen molar-refractivity contribution in [1.29, 1.82) is 0 Å². The summed E-state index contributed by atoms with van der Waals surface area (Å²) in [5, 5.41) is 0.615. The molecule has 4 heteroatoms. The van der Waals surface area contributed by atoms with Gasteiger partial charge in [0, 0.05) is 11.6 Å². The van der Waals surface area contributed by atoms with Crippen LogP contribution < -0.4 is 0 Å². The average molecular weight is 219 g/mol. The standard InChI is InChI=1S/C12H10FNO2/c1-16-12(15)9-4-5-14-11-3-2-8(7-13)6-10(9)11/h2-6H,7H2,1H3. The molecule has 2 aromatic rings. The fourth-order valence-electron chi connectivity index (χ4n) is 1.56. The van der Waals surface area contributed by atoms with Gasteiger partial charge in [0.15, 0.2) is 0 Å². The van der Waals surface area contributed by atoms with E-state index in [0.717, 1.165) is 0 Å². The largest absolute Gasteiger partial charge is 0.465 e. The Morgan fingerprint density at radius 2 is 2.25 bits per heavy atom. The zero-order valence-corrected chi connectivity index (χ0v) is 8.74. The van der Waals surface area contributed by atoms with Crippen molar-refractivity contribution < 1.29 is 13.9 Å². The van der Waals surface area contributed by atoms with Crippen LogP contribution in [0.15, 0.2) is 30.5 Å². The van der Waals surface area contributed by atoms with Gasteiger partial charge in [-0.15, -0.1) is 0 Å². The molecule has 0 aliphatic rings. The molecule has 0 fully saturated rings. The Kier molecular flexibility index (Phi) is 2.81. The van der Waals surface area contributed by atoms with E-state index >= 15 is 0 Å². The molecule has 0 bridgehead atoms. The second-order valence-corrected chi connectivity index (χ2v) is 3.34. The molecule has 2 rings (SSSR count). The molecule has 16 heavy (non-hydrogen) atoms. The summed E-state index contributed by atoms with van der Waals surface area (Å²) < 4.78 is 17.2. The third-order valence-corrected chi connectivity index (χ3v) is 2.37. The van der Waals surface area contributed by atoms with E-state index in [9.17, 15) is 9.18 Å². The molecule has 82 valence electrons. The minimum Gasteiger partial charge on any atom is -0.465 e. The lowest BCUT2D eigenvalue weighted by molar-refractivity contribution is 0.0603. The summed E-state index contributed by atoms with van der Waals surface area (Å²) >= 11 is 0. The summed E-state index contributed by atoms with van der Waals surface area (Å²) in [5.41, 5.74) is 1.58. The smallest absolute Gasteiger partial charge is 0.338 e. The molecule has 0 aliphatic carbocycles. The van der Waals surface area contributed by atoms with E-state index in [-0.39, 0.29) is 0 Å². The van der Waals surface area contributed by atoms with Gasteiger partial charge in [0.05, 0.1) is 18.2 Å². The summed E-state index contributed by atoms with van der Waals surface area (Å²) in [6.45, 7) is -0.564. The van der Waals surface area contributed by atoms with Crippen LogP contribution in [0.5, 0.6) is 0 Å². The number of fused-ring (bicyclic) bond motifs is 1. The normalized spacial score (nSPS) is 10.4. The maximum atomic E-state index is 12.5. The average Bonchev–Trinajstić information content (AvgIpc) is 2.36. The van der Waals surface area contributed by atoms with Crippen LogP contribution in [0.2, 0.25) is 0 Å². The number of halogens is 1. The van der Waals surface area contributed by atoms with Crippen LogP contribution >= 0.6 is 0 Å². The van der Waals surface area contributed by atoms with E-state index in [4.69, 9.17) is 0 Å². The molecule has 0 radical (unpaired) electrons. The molecule has 3 nitrogen and oxygen atoms in total. The molecular formula is C12H10FNO2. The van der Waals surface area contributed by atoms with Gasteiger partial charge in [-0.2, -0.15) is 0 Å². The second kappa shape index (κ2) is 4.26. The summed E-state index contributed by atoms with van der Waals surface area (Å²) in [6.07, 6.45) is 1.53. The van der Waals surface area contributed by atoms with Gasteiger partial charge in [0.2, 0.25) is 0 Å². The zero-order chi connectivity index (χ0) is 11.5.